The molecule has 4 heteroatoms. The van der Waals surface area contributed by atoms with Crippen LogP contribution in [0.15, 0.2) is 42.5 Å². The molecule has 0 saturated carbocycles. The summed E-state index contributed by atoms with van der Waals surface area (Å²) in [4.78, 5) is 12.6. The smallest absolute Gasteiger partial charge is 0.180 e. The maximum atomic E-state index is 12.6. The van der Waals surface area contributed by atoms with Crippen LogP contribution in [-0.4, -0.2) is 18.9 Å². The molecule has 0 radical (unpaired) electrons. The van der Waals surface area contributed by atoms with Crippen molar-refractivity contribution in [2.75, 3.05) is 7.11 Å². The van der Waals surface area contributed by atoms with Gasteiger partial charge in [0.15, 0.2) is 5.78 Å². The average Bonchev–Trinajstić information content (AvgIpc) is 2.54. The fourth-order valence-electron chi connectivity index (χ4n) is 2.65. The lowest BCUT2D eigenvalue weighted by Gasteiger charge is -2.25. The van der Waals surface area contributed by atoms with Crippen LogP contribution in [-0.2, 0) is 13.0 Å². The minimum Gasteiger partial charge on any atom is -0.495 e. The number of carbonyl (C=O) groups excluding carboxylic acids is 1. The number of carbonyl (C=O) groups is 1. The van der Waals surface area contributed by atoms with Crippen molar-refractivity contribution in [3.63, 3.8) is 0 Å². The second-order valence-corrected chi connectivity index (χ2v) is 5.53. The Labute approximate surface area is 128 Å². The Morgan fingerprint density at radius 1 is 1.24 bits per heavy atom. The highest BCUT2D eigenvalue weighted by molar-refractivity contribution is 6.32. The molecule has 1 unspecified atom stereocenters. The van der Waals surface area contributed by atoms with E-state index < -0.39 is 0 Å². The molecule has 0 saturated heterocycles. The number of ether oxygens (including phenoxy) is 1. The molecule has 3 rings (SSSR count). The quantitative estimate of drug-likeness (QED) is 0.885. The Bertz CT molecular complexity index is 684. The first-order valence-corrected chi connectivity index (χ1v) is 7.25. The number of Topliss-reactive ketones (excluding diaryl/α,β-unsaturated/α-hetero) is 1. The molecule has 0 fully saturated rings. The molecule has 0 aromatic heterocycles. The van der Waals surface area contributed by atoms with E-state index in [-0.39, 0.29) is 11.8 Å². The van der Waals surface area contributed by atoms with Crippen LogP contribution < -0.4 is 10.1 Å². The van der Waals surface area contributed by atoms with Crippen molar-refractivity contribution in [3.8, 4) is 5.75 Å². The van der Waals surface area contributed by atoms with Gasteiger partial charge in [0.05, 0.1) is 18.2 Å². The number of hydrogen-bond acceptors (Lipinski definition) is 3. The molecule has 3 nitrogen and oxygen atoms in total. The highest BCUT2D eigenvalue weighted by atomic mass is 35.5. The third kappa shape index (κ3) is 2.80. The number of rotatable bonds is 3. The van der Waals surface area contributed by atoms with Gasteiger partial charge in [-0.2, -0.15) is 0 Å². The van der Waals surface area contributed by atoms with E-state index in [1.54, 1.807) is 25.3 Å². The second kappa shape index (κ2) is 5.88. The van der Waals surface area contributed by atoms with Gasteiger partial charge in [-0.25, -0.2) is 0 Å². The van der Waals surface area contributed by atoms with E-state index in [1.807, 2.05) is 12.1 Å². The number of benzene rings is 2. The molecule has 1 aliphatic rings. The van der Waals surface area contributed by atoms with Gasteiger partial charge in [-0.05, 0) is 35.7 Å². The Morgan fingerprint density at radius 2 is 2.00 bits per heavy atom. The van der Waals surface area contributed by atoms with E-state index in [9.17, 15) is 4.79 Å². The lowest BCUT2D eigenvalue weighted by atomic mass is 9.91. The number of fused-ring (bicyclic) bond motifs is 1. The third-order valence-electron chi connectivity index (χ3n) is 3.83. The van der Waals surface area contributed by atoms with Gasteiger partial charge < -0.3 is 10.1 Å². The summed E-state index contributed by atoms with van der Waals surface area (Å²) >= 11 is 6.00. The van der Waals surface area contributed by atoms with Crippen molar-refractivity contribution in [2.45, 2.75) is 19.0 Å². The molecule has 1 aliphatic heterocycles. The summed E-state index contributed by atoms with van der Waals surface area (Å²) < 4.78 is 5.17. The zero-order valence-corrected chi connectivity index (χ0v) is 12.5. The van der Waals surface area contributed by atoms with Gasteiger partial charge in [-0.3, -0.25) is 4.79 Å². The van der Waals surface area contributed by atoms with Crippen molar-refractivity contribution in [1.82, 2.24) is 5.32 Å². The van der Waals surface area contributed by atoms with Crippen molar-refractivity contribution < 1.29 is 9.53 Å². The van der Waals surface area contributed by atoms with E-state index in [2.05, 4.69) is 17.4 Å². The minimum atomic E-state index is -0.203. The van der Waals surface area contributed by atoms with E-state index >= 15 is 0 Å². The number of nitrogens with one attached hydrogen (secondary N) is 1. The first kappa shape index (κ1) is 14.1. The molecule has 108 valence electrons. The molecule has 1 atom stereocenters. The Hall–Kier alpha value is -1.84. The molecule has 2 aromatic carbocycles. The van der Waals surface area contributed by atoms with E-state index in [1.165, 1.54) is 11.1 Å². The summed E-state index contributed by atoms with van der Waals surface area (Å²) in [6.07, 6.45) is 0.708. The highest BCUT2D eigenvalue weighted by Gasteiger charge is 2.25. The van der Waals surface area contributed by atoms with Gasteiger partial charge in [0.25, 0.3) is 0 Å². The standard InChI is InChI=1S/C17H16ClNO2/c1-21-16-9-12(6-7-14(16)18)17(20)15-8-11-4-2-3-5-13(11)10-19-15/h2-7,9,15,19H,8,10H2,1H3. The van der Waals surface area contributed by atoms with Crippen LogP contribution >= 0.6 is 11.6 Å². The number of ketones is 1. The van der Waals surface area contributed by atoms with Crippen LogP contribution in [0, 0.1) is 0 Å². The monoisotopic (exact) mass is 301 g/mol. The molecule has 1 heterocycles. The zero-order valence-electron chi connectivity index (χ0n) is 11.7. The van der Waals surface area contributed by atoms with Gasteiger partial charge in [-0.1, -0.05) is 35.9 Å². The molecule has 1 N–H and O–H groups in total. The van der Waals surface area contributed by atoms with Crippen molar-refractivity contribution >= 4 is 17.4 Å². The Morgan fingerprint density at radius 3 is 2.76 bits per heavy atom. The lowest BCUT2D eigenvalue weighted by molar-refractivity contribution is 0.0937. The van der Waals surface area contributed by atoms with Crippen molar-refractivity contribution in [2.24, 2.45) is 0 Å². The number of methoxy groups -OCH3 is 1. The van der Waals surface area contributed by atoms with Crippen molar-refractivity contribution in [3.05, 3.63) is 64.2 Å². The van der Waals surface area contributed by atoms with Gasteiger partial charge in [0.1, 0.15) is 5.75 Å². The van der Waals surface area contributed by atoms with Gasteiger partial charge >= 0.3 is 0 Å². The largest absolute Gasteiger partial charge is 0.495 e. The SMILES string of the molecule is COc1cc(C(=O)C2Cc3ccccc3CN2)ccc1Cl. The molecule has 0 aliphatic carbocycles. The third-order valence-corrected chi connectivity index (χ3v) is 4.15. The summed E-state index contributed by atoms with van der Waals surface area (Å²) in [6.45, 7) is 0.720. The minimum absolute atomic E-state index is 0.0690. The molecule has 0 spiro atoms. The molecular formula is C17H16ClNO2. The topological polar surface area (TPSA) is 38.3 Å². The van der Waals surface area contributed by atoms with Crippen LogP contribution in [0.4, 0.5) is 0 Å². The average molecular weight is 302 g/mol. The first-order valence-electron chi connectivity index (χ1n) is 6.87. The van der Waals surface area contributed by atoms with Crippen LogP contribution in [0.3, 0.4) is 0 Å². The lowest BCUT2D eigenvalue weighted by Crippen LogP contribution is -2.41. The van der Waals surface area contributed by atoms with E-state index in [0.717, 1.165) is 6.54 Å². The highest BCUT2D eigenvalue weighted by Crippen LogP contribution is 2.26. The van der Waals surface area contributed by atoms with Crippen LogP contribution in [0.25, 0.3) is 0 Å². The second-order valence-electron chi connectivity index (χ2n) is 5.12. The summed E-state index contributed by atoms with van der Waals surface area (Å²) in [5.74, 6) is 0.596. The molecule has 0 amide bonds. The first-order chi connectivity index (χ1) is 10.2. The number of hydrogen-bond donors (Lipinski definition) is 1. The number of halogens is 1. The van der Waals surface area contributed by atoms with E-state index in [4.69, 9.17) is 16.3 Å². The molecule has 2 aromatic rings. The summed E-state index contributed by atoms with van der Waals surface area (Å²) in [5, 5.41) is 3.81. The fraction of sp³-hybridized carbons (Fsp3) is 0.235. The molecule has 21 heavy (non-hydrogen) atoms. The fourth-order valence-corrected chi connectivity index (χ4v) is 2.85. The van der Waals surface area contributed by atoms with Crippen LogP contribution in [0.5, 0.6) is 5.75 Å². The maximum Gasteiger partial charge on any atom is 0.180 e. The predicted molar refractivity (Wildman–Crippen MR) is 83.1 cm³/mol. The predicted octanol–water partition coefficient (Wildman–Crippen LogP) is 3.25. The van der Waals surface area contributed by atoms with Crippen molar-refractivity contribution in [1.29, 1.82) is 0 Å². The summed E-state index contributed by atoms with van der Waals surface area (Å²) in [7, 11) is 1.55. The van der Waals surface area contributed by atoms with E-state index in [0.29, 0.717) is 22.8 Å². The van der Waals surface area contributed by atoms with Crippen LogP contribution in [0.1, 0.15) is 21.5 Å². The maximum absolute atomic E-state index is 12.6. The van der Waals surface area contributed by atoms with Gasteiger partial charge in [0, 0.05) is 12.1 Å². The molecular weight excluding hydrogens is 286 g/mol. The molecule has 0 bridgehead atoms. The Kier molecular flexibility index (Phi) is 3.95. The zero-order chi connectivity index (χ0) is 14.8. The summed E-state index contributed by atoms with van der Waals surface area (Å²) in [6, 6.07) is 13.1. The van der Waals surface area contributed by atoms with Gasteiger partial charge in [-0.15, -0.1) is 0 Å². The normalized spacial score (nSPS) is 17.1. The van der Waals surface area contributed by atoms with Gasteiger partial charge in [0.2, 0.25) is 0 Å². The Balaban J connectivity index is 1.84. The summed E-state index contributed by atoms with van der Waals surface area (Å²) in [5.41, 5.74) is 3.11. The van der Waals surface area contributed by atoms with Crippen LogP contribution in [0.2, 0.25) is 5.02 Å².